The van der Waals surface area contributed by atoms with E-state index in [4.69, 9.17) is 4.74 Å². The summed E-state index contributed by atoms with van der Waals surface area (Å²) in [6.45, 7) is 0.440. The number of nitrogens with zero attached hydrogens (tertiary/aromatic N) is 2. The van der Waals surface area contributed by atoms with Crippen LogP contribution in [-0.4, -0.2) is 15.9 Å². The van der Waals surface area contributed by atoms with Gasteiger partial charge in [0.25, 0.3) is 5.91 Å². The Morgan fingerprint density at radius 1 is 0.800 bits per heavy atom. The van der Waals surface area contributed by atoms with Gasteiger partial charge in [-0.05, 0) is 42.0 Å². The Morgan fingerprint density at radius 2 is 1.47 bits per heavy atom. The first-order valence-corrected chi connectivity index (χ1v) is 9.50. The number of aromatic nitrogens is 2. The second kappa shape index (κ2) is 9.34. The maximum atomic E-state index is 12.4. The highest BCUT2D eigenvalue weighted by Crippen LogP contribution is 2.24. The number of hydrogen-bond donors (Lipinski definition) is 2. The van der Waals surface area contributed by atoms with E-state index in [1.165, 1.54) is 6.33 Å². The van der Waals surface area contributed by atoms with Crippen LogP contribution >= 0.6 is 0 Å². The molecule has 6 heteroatoms. The molecule has 0 aliphatic carbocycles. The average molecular weight is 396 g/mol. The average Bonchev–Trinajstić information content (AvgIpc) is 2.80. The fourth-order valence-electron chi connectivity index (χ4n) is 2.80. The molecular formula is C24H20N4O2. The summed E-state index contributed by atoms with van der Waals surface area (Å²) in [5.74, 6) is 1.79. The first kappa shape index (κ1) is 19.1. The minimum Gasteiger partial charge on any atom is -0.457 e. The van der Waals surface area contributed by atoms with Crippen molar-refractivity contribution in [1.82, 2.24) is 15.3 Å². The molecule has 4 rings (SSSR count). The van der Waals surface area contributed by atoms with Gasteiger partial charge in [0.05, 0.1) is 0 Å². The second-order valence-electron chi connectivity index (χ2n) is 6.52. The minimum atomic E-state index is -0.254. The number of anilines is 2. The highest BCUT2D eigenvalue weighted by atomic mass is 16.5. The van der Waals surface area contributed by atoms with Crippen molar-refractivity contribution in [3.63, 3.8) is 0 Å². The SMILES string of the molecule is O=C(NCc1ccccc1)c1cc(Nc2ccc(Oc3ccccc3)cc2)ncn1. The number of nitrogens with one attached hydrogen (secondary N) is 2. The van der Waals surface area contributed by atoms with Gasteiger partial charge in [-0.15, -0.1) is 0 Å². The largest absolute Gasteiger partial charge is 0.457 e. The molecule has 0 atom stereocenters. The highest BCUT2D eigenvalue weighted by molar-refractivity contribution is 5.92. The predicted molar refractivity (Wildman–Crippen MR) is 116 cm³/mol. The molecular weight excluding hydrogens is 376 g/mol. The van der Waals surface area contributed by atoms with Crippen LogP contribution in [0.25, 0.3) is 0 Å². The normalized spacial score (nSPS) is 10.3. The third kappa shape index (κ3) is 5.20. The van der Waals surface area contributed by atoms with E-state index in [9.17, 15) is 4.79 Å². The van der Waals surface area contributed by atoms with Crippen LogP contribution in [0.5, 0.6) is 11.5 Å². The number of hydrogen-bond acceptors (Lipinski definition) is 5. The van der Waals surface area contributed by atoms with Crippen LogP contribution in [0.4, 0.5) is 11.5 Å². The smallest absolute Gasteiger partial charge is 0.270 e. The zero-order valence-electron chi connectivity index (χ0n) is 16.2. The van der Waals surface area contributed by atoms with Gasteiger partial charge in [-0.1, -0.05) is 48.5 Å². The Bertz CT molecular complexity index is 1100. The maximum absolute atomic E-state index is 12.4. The van der Waals surface area contributed by atoms with E-state index < -0.39 is 0 Å². The third-order valence-electron chi connectivity index (χ3n) is 4.30. The summed E-state index contributed by atoms with van der Waals surface area (Å²) in [5, 5.41) is 6.04. The van der Waals surface area contributed by atoms with Crippen molar-refractivity contribution >= 4 is 17.4 Å². The van der Waals surface area contributed by atoms with Crippen molar-refractivity contribution in [1.29, 1.82) is 0 Å². The topological polar surface area (TPSA) is 76.1 Å². The molecule has 0 bridgehead atoms. The van der Waals surface area contributed by atoms with E-state index in [1.807, 2.05) is 84.9 Å². The van der Waals surface area contributed by atoms with E-state index >= 15 is 0 Å². The molecule has 1 aromatic heterocycles. The number of amides is 1. The van der Waals surface area contributed by atoms with Gasteiger partial charge in [-0.3, -0.25) is 4.79 Å². The number of carbonyl (C=O) groups excluding carboxylic acids is 1. The molecule has 4 aromatic rings. The third-order valence-corrected chi connectivity index (χ3v) is 4.30. The van der Waals surface area contributed by atoms with E-state index in [2.05, 4.69) is 20.6 Å². The van der Waals surface area contributed by atoms with Gasteiger partial charge < -0.3 is 15.4 Å². The number of benzene rings is 3. The van der Waals surface area contributed by atoms with Crippen molar-refractivity contribution in [3.05, 3.63) is 109 Å². The van der Waals surface area contributed by atoms with E-state index in [0.717, 1.165) is 22.7 Å². The number of carbonyl (C=O) groups is 1. The van der Waals surface area contributed by atoms with Gasteiger partial charge in [0.1, 0.15) is 29.3 Å². The van der Waals surface area contributed by atoms with Crippen molar-refractivity contribution < 1.29 is 9.53 Å². The summed E-state index contributed by atoms with van der Waals surface area (Å²) in [6, 6.07) is 28.4. The molecule has 1 heterocycles. The van der Waals surface area contributed by atoms with Crippen molar-refractivity contribution in [2.24, 2.45) is 0 Å². The molecule has 2 N–H and O–H groups in total. The summed E-state index contributed by atoms with van der Waals surface area (Å²) in [5.41, 5.74) is 2.15. The molecule has 1 amide bonds. The lowest BCUT2D eigenvalue weighted by molar-refractivity contribution is 0.0946. The predicted octanol–water partition coefficient (Wildman–Crippen LogP) is 4.94. The summed E-state index contributed by atoms with van der Waals surface area (Å²) < 4.78 is 5.79. The van der Waals surface area contributed by atoms with Gasteiger partial charge >= 0.3 is 0 Å². The van der Waals surface area contributed by atoms with Gasteiger partial charge in [-0.2, -0.15) is 0 Å². The Labute approximate surface area is 174 Å². The molecule has 0 unspecified atom stereocenters. The van der Waals surface area contributed by atoms with Crippen LogP contribution in [0, 0.1) is 0 Å². The Morgan fingerprint density at radius 3 is 2.20 bits per heavy atom. The standard InChI is InChI=1S/C24H20N4O2/c29-24(25-16-18-7-3-1-4-8-18)22-15-23(27-17-26-22)28-19-11-13-21(14-12-19)30-20-9-5-2-6-10-20/h1-15,17H,16H2,(H,25,29)(H,26,27,28). The lowest BCUT2D eigenvalue weighted by Gasteiger charge is -2.09. The maximum Gasteiger partial charge on any atom is 0.270 e. The quantitative estimate of drug-likeness (QED) is 0.463. The van der Waals surface area contributed by atoms with Crippen LogP contribution in [0.2, 0.25) is 0 Å². The van der Waals surface area contributed by atoms with Gasteiger partial charge in [-0.25, -0.2) is 9.97 Å². The van der Waals surface area contributed by atoms with E-state index in [0.29, 0.717) is 18.1 Å². The molecule has 0 aliphatic heterocycles. The molecule has 0 aliphatic rings. The molecule has 0 saturated carbocycles. The van der Waals surface area contributed by atoms with E-state index in [-0.39, 0.29) is 5.91 Å². The number of para-hydroxylation sites is 1. The summed E-state index contributed by atoms with van der Waals surface area (Å²) in [4.78, 5) is 20.7. The fraction of sp³-hybridized carbons (Fsp3) is 0.0417. The van der Waals surface area contributed by atoms with Crippen molar-refractivity contribution in [2.45, 2.75) is 6.54 Å². The molecule has 0 spiro atoms. The summed E-state index contributed by atoms with van der Waals surface area (Å²) in [7, 11) is 0. The Hall–Kier alpha value is -4.19. The molecule has 30 heavy (non-hydrogen) atoms. The zero-order valence-corrected chi connectivity index (χ0v) is 16.2. The zero-order chi connectivity index (χ0) is 20.6. The first-order chi connectivity index (χ1) is 14.8. The molecule has 148 valence electrons. The molecule has 0 fully saturated rings. The Balaban J connectivity index is 1.37. The summed E-state index contributed by atoms with van der Waals surface area (Å²) >= 11 is 0. The minimum absolute atomic E-state index is 0.254. The van der Waals surface area contributed by atoms with Gasteiger partial charge in [0.2, 0.25) is 0 Å². The molecule has 0 radical (unpaired) electrons. The monoisotopic (exact) mass is 396 g/mol. The van der Waals surface area contributed by atoms with Crippen LogP contribution in [-0.2, 0) is 6.54 Å². The van der Waals surface area contributed by atoms with Crippen LogP contribution in [0.15, 0.2) is 97.3 Å². The van der Waals surface area contributed by atoms with E-state index in [1.54, 1.807) is 6.07 Å². The summed E-state index contributed by atoms with van der Waals surface area (Å²) in [6.07, 6.45) is 1.37. The Kier molecular flexibility index (Phi) is 5.96. The van der Waals surface area contributed by atoms with Gasteiger partial charge in [0, 0.05) is 18.3 Å². The molecule has 6 nitrogen and oxygen atoms in total. The second-order valence-corrected chi connectivity index (χ2v) is 6.52. The van der Waals surface area contributed by atoms with Crippen molar-refractivity contribution in [2.75, 3.05) is 5.32 Å². The lowest BCUT2D eigenvalue weighted by Crippen LogP contribution is -2.24. The van der Waals surface area contributed by atoms with Crippen LogP contribution in [0.1, 0.15) is 16.1 Å². The molecule has 0 saturated heterocycles. The fourth-order valence-corrected chi connectivity index (χ4v) is 2.80. The number of rotatable bonds is 7. The highest BCUT2D eigenvalue weighted by Gasteiger charge is 2.09. The van der Waals surface area contributed by atoms with Crippen molar-refractivity contribution in [3.8, 4) is 11.5 Å². The lowest BCUT2D eigenvalue weighted by atomic mass is 10.2. The van der Waals surface area contributed by atoms with Crippen LogP contribution in [0.3, 0.4) is 0 Å². The van der Waals surface area contributed by atoms with Crippen LogP contribution < -0.4 is 15.4 Å². The first-order valence-electron chi connectivity index (χ1n) is 9.50. The molecule has 3 aromatic carbocycles. The van der Waals surface area contributed by atoms with Gasteiger partial charge in [0.15, 0.2) is 0 Å². The number of ether oxygens (including phenoxy) is 1.